The van der Waals surface area contributed by atoms with Crippen LogP contribution in [0, 0.1) is 5.92 Å². The van der Waals surface area contributed by atoms with E-state index in [-0.39, 0.29) is 6.10 Å². The van der Waals surface area contributed by atoms with Gasteiger partial charge in [0.15, 0.2) is 0 Å². The average molecular weight is 167 g/mol. The second kappa shape index (κ2) is 2.86. The van der Waals surface area contributed by atoms with Crippen molar-refractivity contribution in [2.45, 2.75) is 25.4 Å². The normalized spacial score (nSPS) is 20.5. The fourth-order valence-electron chi connectivity index (χ4n) is 1.56. The number of rotatable bonds is 2. The molecule has 1 aromatic rings. The lowest BCUT2D eigenvalue weighted by molar-refractivity contribution is 0.0556. The van der Waals surface area contributed by atoms with E-state index in [4.69, 9.17) is 0 Å². The third-order valence-corrected chi connectivity index (χ3v) is 2.65. The minimum atomic E-state index is -0.362. The minimum absolute atomic E-state index is 0.362. The van der Waals surface area contributed by atoms with Crippen molar-refractivity contribution < 1.29 is 5.11 Å². The van der Waals surface area contributed by atoms with Crippen LogP contribution in [0.15, 0.2) is 6.20 Å². The van der Waals surface area contributed by atoms with Crippen LogP contribution in [-0.4, -0.2) is 20.1 Å². The quantitative estimate of drug-likeness (QED) is 0.703. The van der Waals surface area contributed by atoms with E-state index < -0.39 is 0 Å². The topological polar surface area (TPSA) is 50.9 Å². The summed E-state index contributed by atoms with van der Waals surface area (Å²) in [5, 5.41) is 17.3. The maximum Gasteiger partial charge on any atom is 0.100 e. The summed E-state index contributed by atoms with van der Waals surface area (Å²) in [6.07, 6.45) is 4.79. The molecule has 4 nitrogen and oxygen atoms in total. The Morgan fingerprint density at radius 2 is 2.42 bits per heavy atom. The number of nitrogens with zero attached hydrogens (tertiary/aromatic N) is 3. The molecule has 0 amide bonds. The van der Waals surface area contributed by atoms with Gasteiger partial charge in [-0.15, -0.1) is 5.10 Å². The van der Waals surface area contributed by atoms with Gasteiger partial charge in [-0.3, -0.25) is 0 Å². The number of hydrogen-bond donors (Lipinski definition) is 1. The molecule has 1 unspecified atom stereocenters. The van der Waals surface area contributed by atoms with Crippen LogP contribution >= 0.6 is 0 Å². The van der Waals surface area contributed by atoms with Crippen molar-refractivity contribution in [1.29, 1.82) is 0 Å². The van der Waals surface area contributed by atoms with E-state index in [2.05, 4.69) is 10.3 Å². The lowest BCUT2D eigenvalue weighted by Crippen LogP contribution is -2.21. The van der Waals surface area contributed by atoms with Crippen molar-refractivity contribution in [3.63, 3.8) is 0 Å². The number of aliphatic hydroxyl groups excluding tert-OH is 1. The smallest absolute Gasteiger partial charge is 0.100 e. The number of hydrogen-bond acceptors (Lipinski definition) is 3. The first-order valence-electron chi connectivity index (χ1n) is 4.31. The molecule has 0 saturated heterocycles. The summed E-state index contributed by atoms with van der Waals surface area (Å²) in [6, 6.07) is 0. The van der Waals surface area contributed by atoms with Crippen LogP contribution in [-0.2, 0) is 7.05 Å². The molecule has 1 aromatic heterocycles. The molecule has 2 rings (SSSR count). The monoisotopic (exact) mass is 167 g/mol. The van der Waals surface area contributed by atoms with Gasteiger partial charge in [-0.2, -0.15) is 0 Å². The Morgan fingerprint density at radius 3 is 2.83 bits per heavy atom. The van der Waals surface area contributed by atoms with Gasteiger partial charge < -0.3 is 5.11 Å². The second-order valence-electron chi connectivity index (χ2n) is 3.42. The van der Waals surface area contributed by atoms with Gasteiger partial charge in [0.2, 0.25) is 0 Å². The standard InChI is InChI=1S/C8H13N3O/c1-11-7(5-9-10-11)8(12)6-3-2-4-6/h5-6,8,12H,2-4H2,1H3. The van der Waals surface area contributed by atoms with Gasteiger partial charge in [0, 0.05) is 7.05 Å². The first kappa shape index (κ1) is 7.73. The first-order chi connectivity index (χ1) is 5.79. The average Bonchev–Trinajstić information content (AvgIpc) is 2.31. The van der Waals surface area contributed by atoms with Crippen LogP contribution < -0.4 is 0 Å². The van der Waals surface area contributed by atoms with E-state index in [1.165, 1.54) is 6.42 Å². The Kier molecular flexibility index (Phi) is 1.84. The van der Waals surface area contributed by atoms with Gasteiger partial charge in [0.05, 0.1) is 11.9 Å². The van der Waals surface area contributed by atoms with Gasteiger partial charge in [-0.1, -0.05) is 11.6 Å². The lowest BCUT2D eigenvalue weighted by atomic mass is 9.80. The van der Waals surface area contributed by atoms with Gasteiger partial charge >= 0.3 is 0 Å². The van der Waals surface area contributed by atoms with Crippen LogP contribution in [0.4, 0.5) is 0 Å². The molecule has 4 heteroatoms. The van der Waals surface area contributed by atoms with Gasteiger partial charge in [-0.05, 0) is 18.8 Å². The van der Waals surface area contributed by atoms with Crippen LogP contribution in [0.2, 0.25) is 0 Å². The highest BCUT2D eigenvalue weighted by molar-refractivity contribution is 5.01. The van der Waals surface area contributed by atoms with E-state index in [1.807, 2.05) is 7.05 Å². The molecule has 1 N–H and O–H groups in total. The Hall–Kier alpha value is -0.900. The van der Waals surface area contributed by atoms with Crippen molar-refractivity contribution in [1.82, 2.24) is 15.0 Å². The maximum absolute atomic E-state index is 9.81. The third kappa shape index (κ3) is 1.12. The van der Waals surface area contributed by atoms with Crippen LogP contribution in [0.25, 0.3) is 0 Å². The van der Waals surface area contributed by atoms with Crippen molar-refractivity contribution in [3.05, 3.63) is 11.9 Å². The molecule has 1 aliphatic carbocycles. The van der Waals surface area contributed by atoms with Crippen molar-refractivity contribution in [3.8, 4) is 0 Å². The van der Waals surface area contributed by atoms with Crippen LogP contribution in [0.3, 0.4) is 0 Å². The van der Waals surface area contributed by atoms with Gasteiger partial charge in [-0.25, -0.2) is 4.68 Å². The summed E-state index contributed by atoms with van der Waals surface area (Å²) in [7, 11) is 1.81. The van der Waals surface area contributed by atoms with E-state index in [0.29, 0.717) is 5.92 Å². The molecule has 1 fully saturated rings. The number of aliphatic hydroxyl groups is 1. The molecular weight excluding hydrogens is 154 g/mol. The Balaban J connectivity index is 2.13. The molecule has 0 aromatic carbocycles. The zero-order valence-corrected chi connectivity index (χ0v) is 7.14. The van der Waals surface area contributed by atoms with Crippen molar-refractivity contribution in [2.24, 2.45) is 13.0 Å². The molecule has 1 atom stereocenters. The number of aromatic nitrogens is 3. The summed E-state index contributed by atoms with van der Waals surface area (Å²) in [4.78, 5) is 0. The summed E-state index contributed by atoms with van der Waals surface area (Å²) in [6.45, 7) is 0. The highest BCUT2D eigenvalue weighted by atomic mass is 16.3. The van der Waals surface area contributed by atoms with E-state index in [1.54, 1.807) is 10.9 Å². The zero-order valence-electron chi connectivity index (χ0n) is 7.14. The minimum Gasteiger partial charge on any atom is -0.386 e. The predicted octanol–water partition coefficient (Wildman–Crippen LogP) is 0.649. The summed E-state index contributed by atoms with van der Waals surface area (Å²) >= 11 is 0. The highest BCUT2D eigenvalue weighted by Crippen LogP contribution is 2.36. The molecule has 66 valence electrons. The molecule has 0 aliphatic heterocycles. The lowest BCUT2D eigenvalue weighted by Gasteiger charge is -2.29. The molecule has 0 radical (unpaired) electrons. The summed E-state index contributed by atoms with van der Waals surface area (Å²) in [5.41, 5.74) is 0.833. The second-order valence-corrected chi connectivity index (χ2v) is 3.42. The molecule has 0 bridgehead atoms. The predicted molar refractivity (Wildman–Crippen MR) is 43.3 cm³/mol. The highest BCUT2D eigenvalue weighted by Gasteiger charge is 2.28. The van der Waals surface area contributed by atoms with Gasteiger partial charge in [0.1, 0.15) is 6.10 Å². The Bertz CT molecular complexity index is 267. The maximum atomic E-state index is 9.81. The fraction of sp³-hybridized carbons (Fsp3) is 0.750. The van der Waals surface area contributed by atoms with Crippen molar-refractivity contribution >= 4 is 0 Å². The number of aryl methyl sites for hydroxylation is 1. The molecule has 1 saturated carbocycles. The van der Waals surface area contributed by atoms with Crippen LogP contribution in [0.1, 0.15) is 31.1 Å². The zero-order chi connectivity index (χ0) is 8.55. The Morgan fingerprint density at radius 1 is 1.67 bits per heavy atom. The van der Waals surface area contributed by atoms with Gasteiger partial charge in [0.25, 0.3) is 0 Å². The van der Waals surface area contributed by atoms with Crippen molar-refractivity contribution in [2.75, 3.05) is 0 Å². The fourth-order valence-corrected chi connectivity index (χ4v) is 1.56. The van der Waals surface area contributed by atoms with E-state index in [0.717, 1.165) is 18.5 Å². The summed E-state index contributed by atoms with van der Waals surface area (Å²) in [5.74, 6) is 0.433. The van der Waals surface area contributed by atoms with E-state index >= 15 is 0 Å². The van der Waals surface area contributed by atoms with E-state index in [9.17, 15) is 5.11 Å². The first-order valence-corrected chi connectivity index (χ1v) is 4.31. The molecule has 12 heavy (non-hydrogen) atoms. The molecular formula is C8H13N3O. The largest absolute Gasteiger partial charge is 0.386 e. The Labute approximate surface area is 71.2 Å². The molecule has 1 aliphatic rings. The summed E-state index contributed by atoms with van der Waals surface area (Å²) < 4.78 is 1.64. The van der Waals surface area contributed by atoms with Crippen LogP contribution in [0.5, 0.6) is 0 Å². The molecule has 1 heterocycles. The molecule has 0 spiro atoms. The SMILES string of the molecule is Cn1nncc1C(O)C1CCC1. The third-order valence-electron chi connectivity index (χ3n) is 2.65.